The van der Waals surface area contributed by atoms with Crippen LogP contribution in [0, 0.1) is 17.2 Å². The van der Waals surface area contributed by atoms with E-state index in [2.05, 4.69) is 41.7 Å². The molecule has 1 amide bonds. The molecular formula is C21H22N2O. The lowest BCUT2D eigenvalue weighted by atomic mass is 9.78. The van der Waals surface area contributed by atoms with Crippen LogP contribution in [-0.4, -0.2) is 12.5 Å². The lowest BCUT2D eigenvalue weighted by Crippen LogP contribution is -2.31. The Morgan fingerprint density at radius 2 is 1.79 bits per heavy atom. The second-order valence-electron chi connectivity index (χ2n) is 6.53. The summed E-state index contributed by atoms with van der Waals surface area (Å²) < 4.78 is 0. The largest absolute Gasteiger partial charge is 0.352 e. The van der Waals surface area contributed by atoms with Crippen molar-refractivity contribution >= 4 is 5.91 Å². The molecule has 0 aliphatic heterocycles. The second-order valence-corrected chi connectivity index (χ2v) is 6.53. The first-order valence-corrected chi connectivity index (χ1v) is 8.59. The van der Waals surface area contributed by atoms with E-state index < -0.39 is 0 Å². The van der Waals surface area contributed by atoms with Gasteiger partial charge in [-0.3, -0.25) is 4.79 Å². The normalized spacial score (nSPS) is 20.1. The fourth-order valence-electron chi connectivity index (χ4n) is 3.49. The molecule has 1 aliphatic carbocycles. The van der Waals surface area contributed by atoms with Crippen molar-refractivity contribution in [2.45, 2.75) is 31.6 Å². The predicted octanol–water partition coefficient (Wildman–Crippen LogP) is 4.26. The number of benzene rings is 2. The van der Waals surface area contributed by atoms with Crippen LogP contribution in [0.4, 0.5) is 0 Å². The number of nitrogens with one attached hydrogen (secondary N) is 1. The quantitative estimate of drug-likeness (QED) is 0.915. The molecule has 0 unspecified atom stereocenters. The number of rotatable bonds is 4. The number of carbonyl (C=O) groups excluding carboxylic acids is 1. The lowest BCUT2D eigenvalue weighted by Gasteiger charge is -2.29. The highest BCUT2D eigenvalue weighted by atomic mass is 16.1. The molecule has 0 aromatic heterocycles. The van der Waals surface area contributed by atoms with Crippen LogP contribution in [0.1, 0.15) is 53.1 Å². The lowest BCUT2D eigenvalue weighted by molar-refractivity contribution is 0.0943. The predicted molar refractivity (Wildman–Crippen MR) is 94.6 cm³/mol. The van der Waals surface area contributed by atoms with E-state index in [0.29, 0.717) is 23.0 Å². The van der Waals surface area contributed by atoms with Crippen LogP contribution < -0.4 is 5.32 Å². The van der Waals surface area contributed by atoms with Gasteiger partial charge in [0.2, 0.25) is 0 Å². The number of hydrogen-bond acceptors (Lipinski definition) is 2. The van der Waals surface area contributed by atoms with Gasteiger partial charge in [0, 0.05) is 12.1 Å². The molecule has 1 N–H and O–H groups in total. The molecular weight excluding hydrogens is 296 g/mol. The van der Waals surface area contributed by atoms with Crippen molar-refractivity contribution in [2.75, 3.05) is 6.54 Å². The van der Waals surface area contributed by atoms with Gasteiger partial charge in [-0.05, 0) is 61.3 Å². The molecule has 1 fully saturated rings. The third-order valence-electron chi connectivity index (χ3n) is 4.92. The van der Waals surface area contributed by atoms with E-state index in [1.54, 1.807) is 24.3 Å². The molecule has 122 valence electrons. The van der Waals surface area contributed by atoms with E-state index in [4.69, 9.17) is 5.26 Å². The molecule has 3 rings (SSSR count). The highest BCUT2D eigenvalue weighted by molar-refractivity contribution is 5.94. The van der Waals surface area contributed by atoms with Crippen molar-refractivity contribution in [3.8, 4) is 6.07 Å². The number of nitrogens with zero attached hydrogens (tertiary/aromatic N) is 1. The topological polar surface area (TPSA) is 52.9 Å². The Bertz CT molecular complexity index is 725. The third kappa shape index (κ3) is 4.02. The van der Waals surface area contributed by atoms with Crippen molar-refractivity contribution in [1.82, 2.24) is 5.32 Å². The molecule has 1 saturated carbocycles. The van der Waals surface area contributed by atoms with Crippen LogP contribution in [0.2, 0.25) is 0 Å². The fourth-order valence-corrected chi connectivity index (χ4v) is 3.49. The summed E-state index contributed by atoms with van der Waals surface area (Å²) in [7, 11) is 0. The molecule has 24 heavy (non-hydrogen) atoms. The van der Waals surface area contributed by atoms with E-state index >= 15 is 0 Å². The van der Waals surface area contributed by atoms with Crippen molar-refractivity contribution < 1.29 is 4.79 Å². The van der Waals surface area contributed by atoms with E-state index in [9.17, 15) is 4.79 Å². The molecule has 0 bridgehead atoms. The molecule has 0 saturated heterocycles. The zero-order valence-corrected chi connectivity index (χ0v) is 13.7. The van der Waals surface area contributed by atoms with Crippen LogP contribution in [0.15, 0.2) is 54.6 Å². The summed E-state index contributed by atoms with van der Waals surface area (Å²) >= 11 is 0. The summed E-state index contributed by atoms with van der Waals surface area (Å²) in [5.41, 5.74) is 2.52. The van der Waals surface area contributed by atoms with Crippen molar-refractivity contribution in [2.24, 2.45) is 5.92 Å². The fraction of sp³-hybridized carbons (Fsp3) is 0.333. The minimum atomic E-state index is -0.0858. The standard InChI is InChI=1S/C21H22N2O/c22-14-17-5-4-8-20(13-17)21(24)23-15-16-9-11-19(12-10-16)18-6-2-1-3-7-18/h1-8,13,16,19H,9-12,15H2,(H,23,24). The first kappa shape index (κ1) is 16.3. The monoisotopic (exact) mass is 318 g/mol. The summed E-state index contributed by atoms with van der Waals surface area (Å²) in [6, 6.07) is 19.6. The van der Waals surface area contributed by atoms with Crippen molar-refractivity contribution in [3.63, 3.8) is 0 Å². The summed E-state index contributed by atoms with van der Waals surface area (Å²) in [4.78, 5) is 12.2. The van der Waals surface area contributed by atoms with Gasteiger partial charge in [-0.2, -0.15) is 5.26 Å². The number of amides is 1. The average Bonchev–Trinajstić information content (AvgIpc) is 2.67. The Labute approximate surface area is 143 Å². The van der Waals surface area contributed by atoms with Gasteiger partial charge in [-0.25, -0.2) is 0 Å². The highest BCUT2D eigenvalue weighted by Gasteiger charge is 2.22. The number of carbonyl (C=O) groups is 1. The second kappa shape index (κ2) is 7.79. The first-order valence-electron chi connectivity index (χ1n) is 8.59. The maximum Gasteiger partial charge on any atom is 0.251 e. The summed E-state index contributed by atoms with van der Waals surface area (Å²) in [6.07, 6.45) is 4.68. The zero-order valence-electron chi connectivity index (χ0n) is 13.7. The Balaban J connectivity index is 1.48. The van der Waals surface area contributed by atoms with Gasteiger partial charge in [-0.1, -0.05) is 36.4 Å². The molecule has 0 atom stereocenters. The van der Waals surface area contributed by atoms with Gasteiger partial charge >= 0.3 is 0 Å². The Kier molecular flexibility index (Phi) is 5.28. The van der Waals surface area contributed by atoms with Crippen LogP contribution in [-0.2, 0) is 0 Å². The summed E-state index contributed by atoms with van der Waals surface area (Å²) in [6.45, 7) is 0.719. The Hall–Kier alpha value is -2.60. The first-order chi connectivity index (χ1) is 11.8. The molecule has 2 aromatic rings. The van der Waals surface area contributed by atoms with Crippen molar-refractivity contribution in [1.29, 1.82) is 5.26 Å². The molecule has 2 aromatic carbocycles. The molecule has 0 spiro atoms. The minimum absolute atomic E-state index is 0.0858. The van der Waals surface area contributed by atoms with Crippen LogP contribution in [0.5, 0.6) is 0 Å². The maximum absolute atomic E-state index is 12.2. The van der Waals surface area contributed by atoms with Crippen LogP contribution in [0.3, 0.4) is 0 Å². The summed E-state index contributed by atoms with van der Waals surface area (Å²) in [5.74, 6) is 1.12. The van der Waals surface area contributed by atoms with Gasteiger partial charge in [0.25, 0.3) is 5.91 Å². The van der Waals surface area contributed by atoms with Crippen LogP contribution in [0.25, 0.3) is 0 Å². The summed E-state index contributed by atoms with van der Waals surface area (Å²) in [5, 5.41) is 11.9. The van der Waals surface area contributed by atoms with Gasteiger partial charge in [0.05, 0.1) is 11.6 Å². The Morgan fingerprint density at radius 1 is 1.04 bits per heavy atom. The minimum Gasteiger partial charge on any atom is -0.352 e. The smallest absolute Gasteiger partial charge is 0.251 e. The molecule has 0 heterocycles. The van der Waals surface area contributed by atoms with Gasteiger partial charge in [0.1, 0.15) is 0 Å². The van der Waals surface area contributed by atoms with E-state index in [-0.39, 0.29) is 5.91 Å². The van der Waals surface area contributed by atoms with Gasteiger partial charge in [0.15, 0.2) is 0 Å². The Morgan fingerprint density at radius 3 is 2.50 bits per heavy atom. The van der Waals surface area contributed by atoms with Crippen LogP contribution >= 0.6 is 0 Å². The number of hydrogen-bond donors (Lipinski definition) is 1. The van der Waals surface area contributed by atoms with Crippen molar-refractivity contribution in [3.05, 3.63) is 71.3 Å². The molecule has 1 aliphatic rings. The molecule has 3 heteroatoms. The van der Waals surface area contributed by atoms with Gasteiger partial charge < -0.3 is 5.32 Å². The molecule has 0 radical (unpaired) electrons. The molecule has 3 nitrogen and oxygen atoms in total. The average molecular weight is 318 g/mol. The van der Waals surface area contributed by atoms with E-state index in [1.807, 2.05) is 0 Å². The highest BCUT2D eigenvalue weighted by Crippen LogP contribution is 2.35. The number of nitriles is 1. The SMILES string of the molecule is N#Cc1cccc(C(=O)NCC2CCC(c3ccccc3)CC2)c1. The van der Waals surface area contributed by atoms with Gasteiger partial charge in [-0.15, -0.1) is 0 Å². The maximum atomic E-state index is 12.2. The van der Waals surface area contributed by atoms with E-state index in [1.165, 1.54) is 18.4 Å². The third-order valence-corrected chi connectivity index (χ3v) is 4.92. The zero-order chi connectivity index (χ0) is 16.8. The van der Waals surface area contributed by atoms with E-state index in [0.717, 1.165) is 19.4 Å².